The molecule has 13 heteroatoms. The van der Waals surface area contributed by atoms with E-state index in [1.165, 1.54) is 18.2 Å². The molecule has 4 nitrogen and oxygen atoms in total. The molecule has 0 bridgehead atoms. The van der Waals surface area contributed by atoms with Crippen molar-refractivity contribution in [2.45, 2.75) is 43.3 Å². The Balaban J connectivity index is 1.62. The van der Waals surface area contributed by atoms with Crippen LogP contribution in [0, 0.1) is 6.92 Å². The van der Waals surface area contributed by atoms with E-state index in [-0.39, 0.29) is 27.4 Å². The Labute approximate surface area is 237 Å². The van der Waals surface area contributed by atoms with Crippen molar-refractivity contribution in [3.05, 3.63) is 98.0 Å². The Morgan fingerprint density at radius 3 is 2.05 bits per heavy atom. The number of benzene rings is 3. The van der Waals surface area contributed by atoms with E-state index >= 15 is 0 Å². The molecule has 0 atom stereocenters. The molecule has 1 saturated carbocycles. The van der Waals surface area contributed by atoms with Gasteiger partial charge in [-0.2, -0.15) is 26.3 Å². The Kier molecular flexibility index (Phi) is 7.74. The first-order chi connectivity index (χ1) is 18.5. The number of hydrogen-bond acceptors (Lipinski definition) is 2. The van der Waals surface area contributed by atoms with Crippen LogP contribution in [0.1, 0.15) is 50.2 Å². The minimum absolute atomic E-state index is 0.0557. The maximum Gasteiger partial charge on any atom is 0.435 e. The monoisotopic (exact) mass is 650 g/mol. The average molecular weight is 652 g/mol. The van der Waals surface area contributed by atoms with Gasteiger partial charge in [0.2, 0.25) is 0 Å². The first kappa shape index (κ1) is 29.9. The van der Waals surface area contributed by atoms with Crippen molar-refractivity contribution >= 4 is 45.0 Å². The zero-order valence-corrected chi connectivity index (χ0v) is 22.7. The van der Waals surface area contributed by atoms with Crippen LogP contribution in [-0.4, -0.2) is 24.2 Å². The van der Waals surface area contributed by atoms with Crippen molar-refractivity contribution in [1.29, 1.82) is 0 Å². The highest BCUT2D eigenvalue weighted by molar-refractivity contribution is 9.10. The minimum Gasteiger partial charge on any atom is -0.342 e. The van der Waals surface area contributed by atoms with Gasteiger partial charge >= 0.3 is 18.0 Å². The Morgan fingerprint density at radius 2 is 1.50 bits per heavy atom. The number of carbonyl (C=O) groups excluding carboxylic acids is 2. The fraction of sp³-hybridized carbons (Fsp3) is 0.259. The molecule has 212 valence electrons. The van der Waals surface area contributed by atoms with E-state index in [1.807, 2.05) is 24.3 Å². The Hall–Kier alpha value is -3.12. The highest BCUT2D eigenvalue weighted by Gasteiger charge is 2.73. The van der Waals surface area contributed by atoms with Crippen molar-refractivity contribution in [3.63, 3.8) is 0 Å². The van der Waals surface area contributed by atoms with Gasteiger partial charge in [0.05, 0.1) is 21.7 Å². The van der Waals surface area contributed by atoms with Gasteiger partial charge in [0.25, 0.3) is 11.8 Å². The van der Waals surface area contributed by atoms with Crippen molar-refractivity contribution in [1.82, 2.24) is 5.32 Å². The van der Waals surface area contributed by atoms with Gasteiger partial charge in [-0.3, -0.25) is 9.59 Å². The molecule has 0 spiro atoms. The van der Waals surface area contributed by atoms with E-state index in [1.54, 1.807) is 0 Å². The molecule has 0 heterocycles. The van der Waals surface area contributed by atoms with Gasteiger partial charge in [-0.25, -0.2) is 4.39 Å². The zero-order chi connectivity index (χ0) is 29.7. The van der Waals surface area contributed by atoms with Crippen LogP contribution in [0.5, 0.6) is 0 Å². The first-order valence-electron chi connectivity index (χ1n) is 11.6. The lowest BCUT2D eigenvalue weighted by atomic mass is 9.92. The third kappa shape index (κ3) is 5.43. The fourth-order valence-corrected chi connectivity index (χ4v) is 4.98. The van der Waals surface area contributed by atoms with Gasteiger partial charge in [0.15, 0.2) is 0 Å². The first-order valence-corrected chi connectivity index (χ1v) is 12.8. The number of anilines is 1. The standard InChI is InChI=1S/C27H19BrClF7N2O2/c1-14-12-16(25(30,26(31,32)33)27(34,35)36)8-9-20(14)37-22(39)18-6-3-7-19(29)21(18)23(40)38-24(10-11-24)15-4-2-5-17(28)13-15/h2-9,12-13H,10-11H2,1H3,(H,37,39)(H,38,40). The van der Waals surface area contributed by atoms with Crippen LogP contribution in [0.4, 0.5) is 36.4 Å². The molecule has 0 saturated heterocycles. The summed E-state index contributed by atoms with van der Waals surface area (Å²) in [6.45, 7) is 1.10. The molecule has 3 aromatic carbocycles. The largest absolute Gasteiger partial charge is 0.435 e. The number of nitrogens with one attached hydrogen (secondary N) is 2. The summed E-state index contributed by atoms with van der Waals surface area (Å²) >= 11 is 9.67. The SMILES string of the molecule is Cc1cc(C(F)(C(F)(F)F)C(F)(F)F)ccc1NC(=O)c1cccc(Cl)c1C(=O)NC1(c2cccc(Br)c2)CC1. The summed E-state index contributed by atoms with van der Waals surface area (Å²) in [6.07, 6.45) is -11.3. The lowest BCUT2D eigenvalue weighted by Crippen LogP contribution is -2.50. The highest BCUT2D eigenvalue weighted by Crippen LogP contribution is 2.53. The fourth-order valence-electron chi connectivity index (χ4n) is 4.32. The van der Waals surface area contributed by atoms with Gasteiger partial charge in [0.1, 0.15) is 0 Å². The second-order valence-electron chi connectivity index (χ2n) is 9.35. The topological polar surface area (TPSA) is 58.2 Å². The zero-order valence-electron chi connectivity index (χ0n) is 20.4. The van der Waals surface area contributed by atoms with Crippen LogP contribution in [0.25, 0.3) is 0 Å². The lowest BCUT2D eigenvalue weighted by molar-refractivity contribution is -0.348. The number of alkyl halides is 7. The maximum absolute atomic E-state index is 14.4. The van der Waals surface area contributed by atoms with E-state index in [0.29, 0.717) is 25.0 Å². The van der Waals surface area contributed by atoms with Gasteiger partial charge < -0.3 is 10.6 Å². The van der Waals surface area contributed by atoms with Crippen LogP contribution in [0.15, 0.2) is 65.1 Å². The molecule has 0 aromatic heterocycles. The molecular formula is C27H19BrClF7N2O2. The van der Waals surface area contributed by atoms with Crippen molar-refractivity contribution in [2.75, 3.05) is 5.32 Å². The summed E-state index contributed by atoms with van der Waals surface area (Å²) in [5.74, 6) is -1.56. The maximum atomic E-state index is 14.4. The Bertz CT molecular complexity index is 1470. The molecule has 1 aliphatic carbocycles. The molecule has 4 rings (SSSR count). The van der Waals surface area contributed by atoms with Crippen LogP contribution >= 0.6 is 27.5 Å². The molecular weight excluding hydrogens is 633 g/mol. The molecule has 0 aliphatic heterocycles. The van der Waals surface area contributed by atoms with Crippen molar-refractivity contribution < 1.29 is 40.3 Å². The quantitative estimate of drug-likeness (QED) is 0.263. The Morgan fingerprint density at radius 1 is 0.875 bits per heavy atom. The molecule has 1 aliphatic rings. The molecule has 40 heavy (non-hydrogen) atoms. The predicted octanol–water partition coefficient (Wildman–Crippen LogP) is 8.37. The number of amides is 2. The van der Waals surface area contributed by atoms with Crippen LogP contribution < -0.4 is 10.6 Å². The number of halogens is 9. The summed E-state index contributed by atoms with van der Waals surface area (Å²) in [4.78, 5) is 26.5. The molecule has 2 amide bonds. The van der Waals surface area contributed by atoms with Gasteiger partial charge in [0, 0.05) is 15.7 Å². The predicted molar refractivity (Wildman–Crippen MR) is 138 cm³/mol. The molecule has 1 fully saturated rings. The third-order valence-corrected chi connectivity index (χ3v) is 7.43. The summed E-state index contributed by atoms with van der Waals surface area (Å²) in [5, 5.41) is 5.21. The average Bonchev–Trinajstić information content (AvgIpc) is 3.63. The van der Waals surface area contributed by atoms with E-state index in [2.05, 4.69) is 26.6 Å². The van der Waals surface area contributed by atoms with Gasteiger partial charge in [-0.15, -0.1) is 0 Å². The highest BCUT2D eigenvalue weighted by atomic mass is 79.9. The molecule has 3 aromatic rings. The normalized spacial score (nSPS) is 14.9. The van der Waals surface area contributed by atoms with Crippen LogP contribution in [0.3, 0.4) is 0 Å². The summed E-state index contributed by atoms with van der Waals surface area (Å²) in [5.41, 5.74) is -7.97. The van der Waals surface area contributed by atoms with E-state index in [4.69, 9.17) is 11.6 Å². The number of hydrogen-bond donors (Lipinski definition) is 2. The molecule has 0 unspecified atom stereocenters. The van der Waals surface area contributed by atoms with E-state index in [9.17, 15) is 40.3 Å². The summed E-state index contributed by atoms with van der Waals surface area (Å²) in [7, 11) is 0. The minimum atomic E-state index is -6.28. The van der Waals surface area contributed by atoms with Crippen LogP contribution in [-0.2, 0) is 11.2 Å². The van der Waals surface area contributed by atoms with Gasteiger partial charge in [-0.1, -0.05) is 57.9 Å². The van der Waals surface area contributed by atoms with E-state index in [0.717, 1.165) is 23.0 Å². The van der Waals surface area contributed by atoms with Crippen molar-refractivity contribution in [2.24, 2.45) is 0 Å². The lowest BCUT2D eigenvalue weighted by Gasteiger charge is -2.30. The summed E-state index contributed by atoms with van der Waals surface area (Å²) < 4.78 is 94.1. The second-order valence-corrected chi connectivity index (χ2v) is 10.7. The third-order valence-electron chi connectivity index (χ3n) is 6.62. The summed E-state index contributed by atoms with van der Waals surface area (Å²) in [6, 6.07) is 12.8. The second kappa shape index (κ2) is 10.4. The molecule has 0 radical (unpaired) electrons. The number of carbonyl (C=O) groups is 2. The van der Waals surface area contributed by atoms with Crippen molar-refractivity contribution in [3.8, 4) is 0 Å². The van der Waals surface area contributed by atoms with Crippen LogP contribution in [0.2, 0.25) is 5.02 Å². The van der Waals surface area contributed by atoms with Gasteiger partial charge in [-0.05, 0) is 61.2 Å². The number of aryl methyl sites for hydroxylation is 1. The van der Waals surface area contributed by atoms with E-state index < -0.39 is 40.9 Å². The smallest absolute Gasteiger partial charge is 0.342 e. The molecule has 2 N–H and O–H groups in total. The number of rotatable bonds is 6.